The van der Waals surface area contributed by atoms with Crippen molar-refractivity contribution in [2.45, 2.75) is 0 Å². The highest BCUT2D eigenvalue weighted by atomic mass is 35.5. The fraction of sp³-hybridized carbons (Fsp3) is 0.143. The second kappa shape index (κ2) is 2.98. The van der Waals surface area contributed by atoms with Crippen molar-refractivity contribution in [1.82, 2.24) is 0 Å². The summed E-state index contributed by atoms with van der Waals surface area (Å²) in [6.45, 7) is 0. The number of rotatable bonds is 1. The first-order chi connectivity index (χ1) is 5.57. The zero-order valence-corrected chi connectivity index (χ0v) is 6.96. The summed E-state index contributed by atoms with van der Waals surface area (Å²) in [5.74, 6) is -1.62. The summed E-state index contributed by atoms with van der Waals surface area (Å²) in [5, 5.41) is 26.9. The Morgan fingerprint density at radius 1 is 1.25 bits per heavy atom. The lowest BCUT2D eigenvalue weighted by atomic mass is 10.3. The molecule has 0 radical (unpaired) electrons. The van der Waals surface area contributed by atoms with E-state index < -0.39 is 17.2 Å². The Morgan fingerprint density at radius 3 is 2.33 bits per heavy atom. The van der Waals surface area contributed by atoms with Crippen LogP contribution in [0.5, 0.6) is 23.0 Å². The normalized spacial score (nSPS) is 9.83. The molecule has 0 aliphatic heterocycles. The molecule has 66 valence electrons. The molecular formula is C7H7ClO4. The molecule has 3 N–H and O–H groups in total. The van der Waals surface area contributed by atoms with Gasteiger partial charge in [0.15, 0.2) is 11.5 Å². The third-order valence-corrected chi connectivity index (χ3v) is 1.74. The Kier molecular flexibility index (Phi) is 2.19. The van der Waals surface area contributed by atoms with Crippen molar-refractivity contribution in [2.24, 2.45) is 0 Å². The summed E-state index contributed by atoms with van der Waals surface area (Å²) in [4.78, 5) is 0. The van der Waals surface area contributed by atoms with Gasteiger partial charge in [-0.15, -0.1) is 0 Å². The van der Waals surface area contributed by atoms with Crippen LogP contribution in [0.3, 0.4) is 0 Å². The van der Waals surface area contributed by atoms with Crippen LogP contribution < -0.4 is 4.74 Å². The molecule has 0 unspecified atom stereocenters. The van der Waals surface area contributed by atoms with Crippen LogP contribution in [0, 0.1) is 0 Å². The van der Waals surface area contributed by atoms with Crippen LogP contribution in [-0.4, -0.2) is 22.4 Å². The highest BCUT2D eigenvalue weighted by molar-refractivity contribution is 6.33. The standard InChI is InChI=1S/C7H7ClO4/c1-12-4-2-3(9)6(10)7(11)5(4)8/h2,9-11H,1H3. The van der Waals surface area contributed by atoms with Crippen LogP contribution in [0.4, 0.5) is 0 Å². The van der Waals surface area contributed by atoms with E-state index in [2.05, 4.69) is 0 Å². The first kappa shape index (κ1) is 8.80. The van der Waals surface area contributed by atoms with Crippen molar-refractivity contribution in [1.29, 1.82) is 0 Å². The maximum atomic E-state index is 9.08. The van der Waals surface area contributed by atoms with Gasteiger partial charge in [0, 0.05) is 6.07 Å². The van der Waals surface area contributed by atoms with Crippen LogP contribution in [-0.2, 0) is 0 Å². The molecule has 5 heteroatoms. The molecule has 1 rings (SSSR count). The van der Waals surface area contributed by atoms with E-state index in [1.165, 1.54) is 7.11 Å². The van der Waals surface area contributed by atoms with Gasteiger partial charge >= 0.3 is 0 Å². The second-order valence-corrected chi connectivity index (χ2v) is 2.49. The highest BCUT2D eigenvalue weighted by Gasteiger charge is 2.15. The number of phenolic OH excluding ortho intramolecular Hbond substituents is 3. The van der Waals surface area contributed by atoms with E-state index in [9.17, 15) is 0 Å². The second-order valence-electron chi connectivity index (χ2n) is 2.11. The van der Waals surface area contributed by atoms with Crippen molar-refractivity contribution < 1.29 is 20.1 Å². The van der Waals surface area contributed by atoms with Gasteiger partial charge in [0.25, 0.3) is 0 Å². The maximum absolute atomic E-state index is 9.08. The molecule has 0 aliphatic carbocycles. The monoisotopic (exact) mass is 190 g/mol. The largest absolute Gasteiger partial charge is 0.504 e. The fourth-order valence-corrected chi connectivity index (χ4v) is 0.968. The summed E-state index contributed by atoms with van der Waals surface area (Å²) in [6.07, 6.45) is 0. The number of hydrogen-bond acceptors (Lipinski definition) is 4. The highest BCUT2D eigenvalue weighted by Crippen LogP contribution is 2.45. The van der Waals surface area contributed by atoms with Crippen molar-refractivity contribution in [3.63, 3.8) is 0 Å². The molecular weight excluding hydrogens is 184 g/mol. The molecule has 0 aliphatic rings. The quantitative estimate of drug-likeness (QED) is 0.587. The first-order valence-electron chi connectivity index (χ1n) is 3.05. The predicted molar refractivity (Wildman–Crippen MR) is 43.0 cm³/mol. The minimum absolute atomic E-state index is 0.101. The molecule has 0 heterocycles. The fourth-order valence-electron chi connectivity index (χ4n) is 0.746. The zero-order valence-electron chi connectivity index (χ0n) is 6.21. The van der Waals surface area contributed by atoms with Crippen LogP contribution >= 0.6 is 11.6 Å². The molecule has 0 amide bonds. The number of halogens is 1. The van der Waals surface area contributed by atoms with E-state index in [0.717, 1.165) is 6.07 Å². The Labute approximate surface area is 73.6 Å². The Morgan fingerprint density at radius 2 is 1.83 bits per heavy atom. The van der Waals surface area contributed by atoms with E-state index in [-0.39, 0.29) is 10.8 Å². The number of hydrogen-bond donors (Lipinski definition) is 3. The lowest BCUT2D eigenvalue weighted by molar-refractivity contribution is 0.356. The summed E-state index contributed by atoms with van der Waals surface area (Å²) in [6, 6.07) is 1.11. The van der Waals surface area contributed by atoms with Crippen molar-refractivity contribution >= 4 is 11.6 Å². The van der Waals surface area contributed by atoms with Crippen molar-refractivity contribution in [3.8, 4) is 23.0 Å². The van der Waals surface area contributed by atoms with E-state index in [4.69, 9.17) is 31.7 Å². The molecule has 0 bridgehead atoms. The van der Waals surface area contributed by atoms with E-state index in [1.807, 2.05) is 0 Å². The van der Waals surface area contributed by atoms with E-state index in [1.54, 1.807) is 0 Å². The van der Waals surface area contributed by atoms with Gasteiger partial charge in [-0.3, -0.25) is 0 Å². The maximum Gasteiger partial charge on any atom is 0.202 e. The van der Waals surface area contributed by atoms with Gasteiger partial charge in [0.1, 0.15) is 10.8 Å². The molecule has 0 saturated carbocycles. The third-order valence-electron chi connectivity index (χ3n) is 1.38. The van der Waals surface area contributed by atoms with Crippen LogP contribution in [0.25, 0.3) is 0 Å². The summed E-state index contributed by atoms with van der Waals surface area (Å²) < 4.78 is 4.70. The van der Waals surface area contributed by atoms with Crippen molar-refractivity contribution in [2.75, 3.05) is 7.11 Å². The minimum atomic E-state index is -0.652. The van der Waals surface area contributed by atoms with E-state index in [0.29, 0.717) is 0 Å². The predicted octanol–water partition coefficient (Wildman–Crippen LogP) is 1.47. The Hall–Kier alpha value is -1.29. The molecule has 0 aromatic heterocycles. The zero-order chi connectivity index (χ0) is 9.30. The molecule has 12 heavy (non-hydrogen) atoms. The van der Waals surface area contributed by atoms with Crippen LogP contribution in [0.15, 0.2) is 6.07 Å². The summed E-state index contributed by atoms with van der Waals surface area (Å²) in [7, 11) is 1.33. The van der Waals surface area contributed by atoms with Crippen LogP contribution in [0.2, 0.25) is 5.02 Å². The van der Waals surface area contributed by atoms with Gasteiger partial charge < -0.3 is 20.1 Å². The number of ether oxygens (including phenoxy) is 1. The van der Waals surface area contributed by atoms with Crippen molar-refractivity contribution in [3.05, 3.63) is 11.1 Å². The summed E-state index contributed by atoms with van der Waals surface area (Å²) in [5.41, 5.74) is 0. The average molecular weight is 191 g/mol. The molecule has 0 atom stereocenters. The average Bonchev–Trinajstić information content (AvgIpc) is 2.08. The number of aromatic hydroxyl groups is 3. The SMILES string of the molecule is COc1cc(O)c(O)c(O)c1Cl. The smallest absolute Gasteiger partial charge is 0.202 e. The molecule has 1 aromatic rings. The number of phenols is 3. The Balaban J connectivity index is 3.39. The van der Waals surface area contributed by atoms with E-state index >= 15 is 0 Å². The van der Waals surface area contributed by atoms with Gasteiger partial charge in [0.05, 0.1) is 7.11 Å². The van der Waals surface area contributed by atoms with Gasteiger partial charge in [-0.05, 0) is 0 Å². The number of benzene rings is 1. The van der Waals surface area contributed by atoms with Crippen LogP contribution in [0.1, 0.15) is 0 Å². The number of methoxy groups -OCH3 is 1. The Bertz CT molecular complexity index is 311. The minimum Gasteiger partial charge on any atom is -0.504 e. The molecule has 4 nitrogen and oxygen atoms in total. The topological polar surface area (TPSA) is 69.9 Å². The summed E-state index contributed by atoms with van der Waals surface area (Å²) >= 11 is 5.52. The lowest BCUT2D eigenvalue weighted by Gasteiger charge is -2.07. The molecule has 1 aromatic carbocycles. The van der Waals surface area contributed by atoms with Gasteiger partial charge in [-0.25, -0.2) is 0 Å². The first-order valence-corrected chi connectivity index (χ1v) is 3.43. The lowest BCUT2D eigenvalue weighted by Crippen LogP contribution is -1.84. The molecule has 0 fully saturated rings. The molecule has 0 saturated heterocycles. The molecule has 0 spiro atoms. The van der Waals surface area contributed by atoms with Gasteiger partial charge in [-0.1, -0.05) is 11.6 Å². The third kappa shape index (κ3) is 1.21. The van der Waals surface area contributed by atoms with Gasteiger partial charge in [-0.2, -0.15) is 0 Å². The van der Waals surface area contributed by atoms with Gasteiger partial charge in [0.2, 0.25) is 5.75 Å².